The lowest BCUT2D eigenvalue weighted by Gasteiger charge is -2.57. The smallest absolute Gasteiger partial charge is 0.0263 e. The predicted octanol–water partition coefficient (Wildman–Crippen LogP) is 8.50. The van der Waals surface area contributed by atoms with Crippen molar-refractivity contribution in [1.82, 2.24) is 0 Å². The van der Waals surface area contributed by atoms with Gasteiger partial charge in [-0.25, -0.2) is 0 Å². The molecule has 6 rings (SSSR count). The molecule has 0 aliphatic heterocycles. The van der Waals surface area contributed by atoms with E-state index in [1.807, 2.05) is 0 Å². The highest BCUT2D eigenvalue weighted by atomic mass is 14.7. The van der Waals surface area contributed by atoms with Crippen LogP contribution in [0.1, 0.15) is 120 Å². The fraction of sp³-hybridized carbons (Fsp3) is 1.00. The van der Waals surface area contributed by atoms with Gasteiger partial charge in [-0.2, -0.15) is 0 Å². The van der Waals surface area contributed by atoms with E-state index >= 15 is 0 Å². The molecule has 0 heterocycles. The Labute approximate surface area is 165 Å². The number of fused-ring (bicyclic) bond motifs is 4. The van der Waals surface area contributed by atoms with Crippen molar-refractivity contribution in [3.05, 3.63) is 0 Å². The molecule has 26 heavy (non-hydrogen) atoms. The maximum atomic E-state index is 2.44. The molecule has 0 atom stereocenters. The minimum Gasteiger partial charge on any atom is -0.0622 e. The lowest BCUT2D eigenvalue weighted by Crippen LogP contribution is -2.46. The summed E-state index contributed by atoms with van der Waals surface area (Å²) in [7, 11) is 0. The lowest BCUT2D eigenvalue weighted by molar-refractivity contribution is -0.0623. The highest BCUT2D eigenvalue weighted by Gasteiger charge is 2.62. The van der Waals surface area contributed by atoms with Crippen LogP contribution in [0.25, 0.3) is 0 Å². The van der Waals surface area contributed by atoms with E-state index in [2.05, 4.69) is 55.4 Å². The van der Waals surface area contributed by atoms with Gasteiger partial charge in [-0.15, -0.1) is 0 Å². The van der Waals surface area contributed by atoms with Crippen LogP contribution in [0.4, 0.5) is 0 Å². The summed E-state index contributed by atoms with van der Waals surface area (Å²) in [6, 6.07) is 0. The Hall–Kier alpha value is 0. The third kappa shape index (κ3) is 3.10. The average molecular weight is 361 g/mol. The lowest BCUT2D eigenvalue weighted by atomic mass is 9.48. The zero-order valence-corrected chi connectivity index (χ0v) is 19.4. The molecule has 0 aromatic carbocycles. The molecule has 4 bridgehead atoms. The highest BCUT2D eigenvalue weighted by molar-refractivity contribution is 5.12. The van der Waals surface area contributed by atoms with Crippen LogP contribution in [0.15, 0.2) is 0 Å². The van der Waals surface area contributed by atoms with E-state index in [0.29, 0.717) is 0 Å². The summed E-state index contributed by atoms with van der Waals surface area (Å²) in [4.78, 5) is 0. The van der Waals surface area contributed by atoms with Gasteiger partial charge < -0.3 is 0 Å². The van der Waals surface area contributed by atoms with Crippen molar-refractivity contribution in [1.29, 1.82) is 0 Å². The molecule has 0 aromatic heterocycles. The summed E-state index contributed by atoms with van der Waals surface area (Å²) in [5, 5.41) is 0. The molecular formula is C26H48. The second-order valence-corrected chi connectivity index (χ2v) is 12.4. The van der Waals surface area contributed by atoms with Crippen LogP contribution in [0.3, 0.4) is 0 Å². The highest BCUT2D eigenvalue weighted by Crippen LogP contribution is 2.72. The van der Waals surface area contributed by atoms with Gasteiger partial charge in [0.1, 0.15) is 0 Å². The molecular weight excluding hydrogens is 312 g/mol. The number of hydrogen-bond donors (Lipinski definition) is 0. The summed E-state index contributed by atoms with van der Waals surface area (Å²) in [6.45, 7) is 19.4. The predicted molar refractivity (Wildman–Crippen MR) is 115 cm³/mol. The van der Waals surface area contributed by atoms with Gasteiger partial charge >= 0.3 is 0 Å². The zero-order valence-electron chi connectivity index (χ0n) is 19.4. The second-order valence-electron chi connectivity index (χ2n) is 12.4. The van der Waals surface area contributed by atoms with Crippen molar-refractivity contribution in [3.8, 4) is 0 Å². The van der Waals surface area contributed by atoms with Crippen LogP contribution in [-0.2, 0) is 0 Å². The van der Waals surface area contributed by atoms with Gasteiger partial charge in [0.15, 0.2) is 0 Å². The molecule has 152 valence electrons. The standard InChI is InChI=1S/C14H26.C12H22/c1-11(2)13-5-8-14(9-6-13,10-7-13)12(3)4;1-9(2)11-5-6-12(7-11,8-11)10(3)4/h11-12H,5-10H2,1-4H3;9-10H,5-8H2,1-4H3. The van der Waals surface area contributed by atoms with Crippen LogP contribution < -0.4 is 0 Å². The first-order valence-corrected chi connectivity index (χ1v) is 12.0. The van der Waals surface area contributed by atoms with Gasteiger partial charge in [0.2, 0.25) is 0 Å². The Morgan fingerprint density at radius 3 is 0.692 bits per heavy atom. The SMILES string of the molecule is CC(C)C12CCC(C(C)C)(C1)C2.CC(C)C12CCC(C(C)C)(CC1)CC2. The number of hydrogen-bond acceptors (Lipinski definition) is 0. The Bertz CT molecular complexity index is 418. The van der Waals surface area contributed by atoms with E-state index < -0.39 is 0 Å². The van der Waals surface area contributed by atoms with E-state index in [1.165, 1.54) is 64.2 Å². The first-order chi connectivity index (χ1) is 12.0. The van der Waals surface area contributed by atoms with E-state index in [9.17, 15) is 0 Å². The minimum atomic E-state index is 0.747. The van der Waals surface area contributed by atoms with Crippen molar-refractivity contribution in [2.75, 3.05) is 0 Å². The molecule has 0 amide bonds. The van der Waals surface area contributed by atoms with Crippen LogP contribution in [-0.4, -0.2) is 0 Å². The quantitative estimate of drug-likeness (QED) is 0.471. The summed E-state index contributed by atoms with van der Waals surface area (Å²) < 4.78 is 0. The molecule has 0 nitrogen and oxygen atoms in total. The fourth-order valence-corrected chi connectivity index (χ4v) is 7.57. The number of rotatable bonds is 4. The van der Waals surface area contributed by atoms with E-state index in [4.69, 9.17) is 0 Å². The maximum absolute atomic E-state index is 2.44. The summed E-state index contributed by atoms with van der Waals surface area (Å²) >= 11 is 0. The zero-order chi connectivity index (χ0) is 19.4. The summed E-state index contributed by atoms with van der Waals surface area (Å²) in [5.74, 6) is 3.67. The molecule has 6 saturated carbocycles. The van der Waals surface area contributed by atoms with Crippen LogP contribution in [0.5, 0.6) is 0 Å². The molecule has 0 N–H and O–H groups in total. The van der Waals surface area contributed by atoms with Crippen LogP contribution in [0, 0.1) is 45.3 Å². The van der Waals surface area contributed by atoms with Gasteiger partial charge in [-0.05, 0) is 110 Å². The monoisotopic (exact) mass is 360 g/mol. The van der Waals surface area contributed by atoms with Gasteiger partial charge in [0, 0.05) is 0 Å². The molecule has 6 aliphatic carbocycles. The van der Waals surface area contributed by atoms with Crippen molar-refractivity contribution < 1.29 is 0 Å². The topological polar surface area (TPSA) is 0 Å². The first-order valence-electron chi connectivity index (χ1n) is 12.0. The Morgan fingerprint density at radius 2 is 0.538 bits per heavy atom. The van der Waals surface area contributed by atoms with Crippen molar-refractivity contribution in [2.45, 2.75) is 120 Å². The molecule has 0 radical (unpaired) electrons. The third-order valence-corrected chi connectivity index (χ3v) is 10.8. The van der Waals surface area contributed by atoms with Crippen molar-refractivity contribution >= 4 is 0 Å². The second kappa shape index (κ2) is 6.81. The van der Waals surface area contributed by atoms with Gasteiger partial charge in [0.25, 0.3) is 0 Å². The van der Waals surface area contributed by atoms with Gasteiger partial charge in [-0.1, -0.05) is 55.4 Å². The molecule has 0 aromatic rings. The summed E-state index contributed by atoms with van der Waals surface area (Å²) in [5.41, 5.74) is 3.06. The molecule has 0 unspecified atom stereocenters. The van der Waals surface area contributed by atoms with E-state index in [-0.39, 0.29) is 0 Å². The van der Waals surface area contributed by atoms with Crippen molar-refractivity contribution in [2.24, 2.45) is 45.3 Å². The first kappa shape index (κ1) is 20.7. The third-order valence-electron chi connectivity index (χ3n) is 10.8. The molecule has 0 heteroatoms. The Balaban J connectivity index is 0.000000152. The largest absolute Gasteiger partial charge is 0.0622 e. The molecule has 6 fully saturated rings. The van der Waals surface area contributed by atoms with E-state index in [1.54, 1.807) is 0 Å². The van der Waals surface area contributed by atoms with Gasteiger partial charge in [-0.3, -0.25) is 0 Å². The minimum absolute atomic E-state index is 0.747. The van der Waals surface area contributed by atoms with Gasteiger partial charge in [0.05, 0.1) is 0 Å². The Kier molecular flexibility index (Phi) is 5.43. The van der Waals surface area contributed by atoms with Crippen LogP contribution in [0.2, 0.25) is 0 Å². The Morgan fingerprint density at radius 1 is 0.346 bits per heavy atom. The van der Waals surface area contributed by atoms with E-state index in [0.717, 1.165) is 45.3 Å². The van der Waals surface area contributed by atoms with Crippen molar-refractivity contribution in [3.63, 3.8) is 0 Å². The molecule has 0 spiro atoms. The van der Waals surface area contributed by atoms with Crippen LogP contribution >= 0.6 is 0 Å². The normalized spacial score (nSPS) is 43.8. The summed E-state index contributed by atoms with van der Waals surface area (Å²) in [6.07, 6.45) is 15.2. The molecule has 6 aliphatic rings. The fourth-order valence-electron chi connectivity index (χ4n) is 7.57. The molecule has 0 saturated heterocycles. The average Bonchev–Trinajstić information content (AvgIpc) is 3.15. The maximum Gasteiger partial charge on any atom is -0.0263 e.